The molecular formula is C22H30N8O. The maximum Gasteiger partial charge on any atom is 0.250 e. The van der Waals surface area contributed by atoms with Gasteiger partial charge < -0.3 is 15.1 Å². The summed E-state index contributed by atoms with van der Waals surface area (Å²) in [6.45, 7) is 5.41. The number of amides is 1. The van der Waals surface area contributed by atoms with Crippen LogP contribution in [0.2, 0.25) is 0 Å². The summed E-state index contributed by atoms with van der Waals surface area (Å²) in [6, 6.07) is 7.47. The zero-order valence-corrected chi connectivity index (χ0v) is 18.0. The topological polar surface area (TPSA) is 98.6 Å². The number of benzene rings is 1. The fraction of sp³-hybridized carbons (Fsp3) is 0.500. The molecule has 9 heteroatoms. The molecule has 2 aliphatic heterocycles. The van der Waals surface area contributed by atoms with Gasteiger partial charge in [0.25, 0.3) is 0 Å². The summed E-state index contributed by atoms with van der Waals surface area (Å²) in [4.78, 5) is 29.7. The second-order valence-electron chi connectivity index (χ2n) is 8.03. The van der Waals surface area contributed by atoms with Crippen molar-refractivity contribution in [2.75, 3.05) is 46.7 Å². The quantitative estimate of drug-likeness (QED) is 0.544. The van der Waals surface area contributed by atoms with Gasteiger partial charge in [-0.25, -0.2) is 5.43 Å². The van der Waals surface area contributed by atoms with Gasteiger partial charge in [-0.3, -0.25) is 4.79 Å². The van der Waals surface area contributed by atoms with Crippen molar-refractivity contribution < 1.29 is 4.79 Å². The molecule has 0 atom stereocenters. The van der Waals surface area contributed by atoms with Crippen LogP contribution in [0.5, 0.6) is 0 Å². The molecule has 2 fully saturated rings. The molecule has 1 aromatic carbocycles. The minimum absolute atomic E-state index is 0.0908. The molecule has 0 aliphatic carbocycles. The number of piperidine rings is 2. The summed E-state index contributed by atoms with van der Waals surface area (Å²) in [7, 11) is 0. The largest absolute Gasteiger partial charge is 0.341 e. The van der Waals surface area contributed by atoms with Crippen LogP contribution in [0.15, 0.2) is 29.4 Å². The van der Waals surface area contributed by atoms with E-state index in [9.17, 15) is 4.79 Å². The number of nitrogens with zero attached hydrogens (tertiary/aromatic N) is 6. The number of hydrogen-bond donors (Lipinski definition) is 2. The molecule has 0 bridgehead atoms. The van der Waals surface area contributed by atoms with Crippen molar-refractivity contribution in [1.29, 1.82) is 0 Å². The lowest BCUT2D eigenvalue weighted by atomic mass is 10.1. The summed E-state index contributed by atoms with van der Waals surface area (Å²) in [6.07, 6.45) is 8.90. The van der Waals surface area contributed by atoms with E-state index < -0.39 is 0 Å². The third-order valence-electron chi connectivity index (χ3n) is 5.50. The van der Waals surface area contributed by atoms with E-state index in [-0.39, 0.29) is 5.91 Å². The predicted molar refractivity (Wildman–Crippen MR) is 124 cm³/mol. The fourth-order valence-electron chi connectivity index (χ4n) is 3.89. The molecule has 4 rings (SSSR count). The molecule has 1 aromatic heterocycles. The summed E-state index contributed by atoms with van der Waals surface area (Å²) in [5.74, 6) is 1.83. The number of carbonyl (C=O) groups excluding carboxylic acids is 1. The number of aromatic nitrogens is 3. The highest BCUT2D eigenvalue weighted by Gasteiger charge is 2.20. The van der Waals surface area contributed by atoms with Crippen molar-refractivity contribution in [2.24, 2.45) is 5.10 Å². The van der Waals surface area contributed by atoms with E-state index in [0.29, 0.717) is 5.95 Å². The molecule has 3 heterocycles. The normalized spacial score (nSPS) is 17.1. The highest BCUT2D eigenvalue weighted by atomic mass is 16.1. The molecule has 31 heavy (non-hydrogen) atoms. The van der Waals surface area contributed by atoms with E-state index >= 15 is 0 Å². The van der Waals surface area contributed by atoms with Crippen LogP contribution in [0.25, 0.3) is 0 Å². The molecule has 2 aromatic rings. The van der Waals surface area contributed by atoms with Crippen LogP contribution in [-0.4, -0.2) is 53.3 Å². The Bertz CT molecular complexity index is 866. The van der Waals surface area contributed by atoms with Gasteiger partial charge in [0.2, 0.25) is 23.8 Å². The first-order valence-corrected chi connectivity index (χ1v) is 11.1. The predicted octanol–water partition coefficient (Wildman–Crippen LogP) is 3.26. The molecule has 164 valence electrons. The summed E-state index contributed by atoms with van der Waals surface area (Å²) >= 11 is 0. The lowest BCUT2D eigenvalue weighted by Gasteiger charge is -2.30. The van der Waals surface area contributed by atoms with Crippen molar-refractivity contribution in [3.05, 3.63) is 29.8 Å². The van der Waals surface area contributed by atoms with Crippen molar-refractivity contribution in [3.63, 3.8) is 0 Å². The van der Waals surface area contributed by atoms with E-state index in [1.165, 1.54) is 45.4 Å². The van der Waals surface area contributed by atoms with Crippen molar-refractivity contribution in [2.45, 2.75) is 45.4 Å². The monoisotopic (exact) mass is 422 g/mol. The minimum atomic E-state index is -0.0908. The van der Waals surface area contributed by atoms with Crippen LogP contribution >= 0.6 is 0 Å². The molecule has 0 unspecified atom stereocenters. The van der Waals surface area contributed by atoms with Crippen LogP contribution < -0.4 is 20.5 Å². The number of anilines is 4. The zero-order chi connectivity index (χ0) is 21.5. The molecule has 1 amide bonds. The Morgan fingerprint density at radius 2 is 1.42 bits per heavy atom. The smallest absolute Gasteiger partial charge is 0.250 e. The average molecular weight is 423 g/mol. The van der Waals surface area contributed by atoms with E-state index in [2.05, 4.69) is 35.6 Å². The summed E-state index contributed by atoms with van der Waals surface area (Å²) in [5, 5.41) is 7.08. The third kappa shape index (κ3) is 5.90. The van der Waals surface area contributed by atoms with Gasteiger partial charge in [0.1, 0.15) is 0 Å². The van der Waals surface area contributed by atoms with Gasteiger partial charge in [-0.2, -0.15) is 20.1 Å². The first kappa shape index (κ1) is 21.0. The van der Waals surface area contributed by atoms with Gasteiger partial charge in [-0.05, 0) is 56.2 Å². The SMILES string of the molecule is CC(=O)Nc1ccc(/C=N/Nc2nc(N3CCCCC3)nc(N3CCCCC3)n2)cc1. The van der Waals surface area contributed by atoms with Gasteiger partial charge in [-0.15, -0.1) is 0 Å². The minimum Gasteiger partial charge on any atom is -0.341 e. The van der Waals surface area contributed by atoms with Crippen LogP contribution in [0.3, 0.4) is 0 Å². The zero-order valence-electron chi connectivity index (χ0n) is 18.0. The number of rotatable bonds is 6. The second kappa shape index (κ2) is 10.2. The number of hydrazone groups is 1. The van der Waals surface area contributed by atoms with Gasteiger partial charge >= 0.3 is 0 Å². The Hall–Kier alpha value is -3.23. The first-order valence-electron chi connectivity index (χ1n) is 11.1. The number of nitrogens with one attached hydrogen (secondary N) is 2. The first-order chi connectivity index (χ1) is 15.2. The van der Waals surface area contributed by atoms with Crippen molar-refractivity contribution in [3.8, 4) is 0 Å². The molecule has 2 N–H and O–H groups in total. The van der Waals surface area contributed by atoms with Gasteiger partial charge in [0.15, 0.2) is 0 Å². The average Bonchev–Trinajstić information content (AvgIpc) is 2.81. The van der Waals surface area contributed by atoms with Gasteiger partial charge in [-0.1, -0.05) is 12.1 Å². The maximum absolute atomic E-state index is 11.1. The van der Waals surface area contributed by atoms with E-state index in [1.54, 1.807) is 6.21 Å². The van der Waals surface area contributed by atoms with Crippen molar-refractivity contribution >= 4 is 35.7 Å². The number of carbonyl (C=O) groups is 1. The molecule has 2 saturated heterocycles. The fourth-order valence-corrected chi connectivity index (χ4v) is 3.89. The Morgan fingerprint density at radius 1 is 0.871 bits per heavy atom. The van der Waals surface area contributed by atoms with E-state index in [4.69, 9.17) is 4.98 Å². The van der Waals surface area contributed by atoms with Crippen LogP contribution in [-0.2, 0) is 4.79 Å². The molecule has 0 saturated carbocycles. The number of hydrogen-bond acceptors (Lipinski definition) is 8. The lowest BCUT2D eigenvalue weighted by Crippen LogP contribution is -2.34. The van der Waals surface area contributed by atoms with Crippen LogP contribution in [0.1, 0.15) is 51.0 Å². The van der Waals surface area contributed by atoms with Gasteiger partial charge in [0, 0.05) is 38.8 Å². The standard InChI is InChI=1S/C22H30N8O/c1-17(31)24-19-10-8-18(9-11-19)16-23-28-20-25-21(29-12-4-2-5-13-29)27-22(26-20)30-14-6-3-7-15-30/h8-11,16H,2-7,12-15H2,1H3,(H,24,31)(H,25,26,27,28)/b23-16+. The third-order valence-corrected chi connectivity index (χ3v) is 5.50. The maximum atomic E-state index is 11.1. The van der Waals surface area contributed by atoms with Gasteiger partial charge in [0.05, 0.1) is 6.21 Å². The second-order valence-corrected chi connectivity index (χ2v) is 8.03. The van der Waals surface area contributed by atoms with Crippen molar-refractivity contribution in [1.82, 2.24) is 15.0 Å². The van der Waals surface area contributed by atoms with Crippen LogP contribution in [0, 0.1) is 0 Å². The highest BCUT2D eigenvalue weighted by molar-refractivity contribution is 5.89. The Kier molecular flexibility index (Phi) is 6.91. The Morgan fingerprint density at radius 3 is 1.94 bits per heavy atom. The lowest BCUT2D eigenvalue weighted by molar-refractivity contribution is -0.114. The Balaban J connectivity index is 1.49. The summed E-state index contributed by atoms with van der Waals surface area (Å²) in [5.41, 5.74) is 4.65. The molecular weight excluding hydrogens is 392 g/mol. The van der Waals surface area contributed by atoms with E-state index in [1.807, 2.05) is 24.3 Å². The molecule has 0 radical (unpaired) electrons. The summed E-state index contributed by atoms with van der Waals surface area (Å²) < 4.78 is 0. The van der Waals surface area contributed by atoms with Crippen LogP contribution in [0.4, 0.5) is 23.5 Å². The molecule has 2 aliphatic rings. The van der Waals surface area contributed by atoms with E-state index in [0.717, 1.165) is 49.3 Å². The molecule has 0 spiro atoms. The highest BCUT2D eigenvalue weighted by Crippen LogP contribution is 2.22. The molecule has 9 nitrogen and oxygen atoms in total. The Labute approximate surface area is 183 Å².